The monoisotopic (exact) mass is 315 g/mol. The number of benzene rings is 1. The number of carbonyl (C=O) groups is 1. The third-order valence-electron chi connectivity index (χ3n) is 2.43. The quantitative estimate of drug-likeness (QED) is 0.741. The first-order valence-corrected chi connectivity index (χ1v) is 6.96. The first-order chi connectivity index (χ1) is 7.50. The van der Waals surface area contributed by atoms with Gasteiger partial charge in [-0.05, 0) is 37.1 Å². The highest BCUT2D eigenvalue weighted by Crippen LogP contribution is 2.33. The van der Waals surface area contributed by atoms with Gasteiger partial charge in [0.1, 0.15) is 4.32 Å². The average molecular weight is 316 g/mol. The van der Waals surface area contributed by atoms with Crippen LogP contribution in [0.1, 0.15) is 11.1 Å². The van der Waals surface area contributed by atoms with Crippen molar-refractivity contribution in [2.45, 2.75) is 13.8 Å². The van der Waals surface area contributed by atoms with Crippen molar-refractivity contribution in [3.05, 3.63) is 27.7 Å². The van der Waals surface area contributed by atoms with Gasteiger partial charge in [0, 0.05) is 4.47 Å². The Morgan fingerprint density at radius 2 is 1.94 bits per heavy atom. The second-order valence-electron chi connectivity index (χ2n) is 3.67. The van der Waals surface area contributed by atoms with Crippen molar-refractivity contribution in [2.75, 3.05) is 10.7 Å². The maximum Gasteiger partial charge on any atom is 0.243 e. The topological polar surface area (TPSA) is 20.3 Å². The largest absolute Gasteiger partial charge is 0.273 e. The minimum absolute atomic E-state index is 0.0727. The molecular formula is C11H10BrNOS2. The number of nitrogens with zero attached hydrogens (tertiary/aromatic N) is 1. The summed E-state index contributed by atoms with van der Waals surface area (Å²) in [5.41, 5.74) is 3.05. The molecule has 1 heterocycles. The molecule has 16 heavy (non-hydrogen) atoms. The van der Waals surface area contributed by atoms with Crippen LogP contribution in [0.3, 0.4) is 0 Å². The fraction of sp³-hybridized carbons (Fsp3) is 0.273. The number of thiocarbonyl (C=S) groups is 1. The van der Waals surface area contributed by atoms with E-state index in [2.05, 4.69) is 15.9 Å². The van der Waals surface area contributed by atoms with E-state index in [9.17, 15) is 4.79 Å². The molecule has 84 valence electrons. The van der Waals surface area contributed by atoms with Crippen LogP contribution in [0.4, 0.5) is 5.69 Å². The zero-order valence-electron chi connectivity index (χ0n) is 8.91. The minimum Gasteiger partial charge on any atom is -0.273 e. The predicted molar refractivity (Wildman–Crippen MR) is 76.2 cm³/mol. The average Bonchev–Trinajstić information content (AvgIpc) is 2.47. The van der Waals surface area contributed by atoms with E-state index < -0.39 is 0 Å². The van der Waals surface area contributed by atoms with E-state index in [0.717, 1.165) is 21.3 Å². The van der Waals surface area contributed by atoms with Crippen molar-refractivity contribution in [2.24, 2.45) is 0 Å². The number of rotatable bonds is 1. The molecule has 2 nitrogen and oxygen atoms in total. The number of amides is 1. The van der Waals surface area contributed by atoms with E-state index in [-0.39, 0.29) is 5.91 Å². The Morgan fingerprint density at radius 1 is 1.38 bits per heavy atom. The molecule has 0 saturated carbocycles. The van der Waals surface area contributed by atoms with Gasteiger partial charge in [0.05, 0.1) is 11.4 Å². The van der Waals surface area contributed by atoms with Crippen LogP contribution in [0.15, 0.2) is 16.6 Å². The van der Waals surface area contributed by atoms with E-state index in [1.54, 1.807) is 4.90 Å². The van der Waals surface area contributed by atoms with Crippen molar-refractivity contribution >= 4 is 55.8 Å². The molecule has 0 aromatic heterocycles. The van der Waals surface area contributed by atoms with Gasteiger partial charge in [0.15, 0.2) is 0 Å². The number of halogens is 1. The molecule has 0 atom stereocenters. The lowest BCUT2D eigenvalue weighted by atomic mass is 10.1. The van der Waals surface area contributed by atoms with Crippen LogP contribution < -0.4 is 4.90 Å². The summed E-state index contributed by atoms with van der Waals surface area (Å²) in [6.07, 6.45) is 0. The molecule has 1 aliphatic heterocycles. The lowest BCUT2D eigenvalue weighted by molar-refractivity contribution is -0.115. The Labute approximate surface area is 113 Å². The molecule has 1 saturated heterocycles. The molecular weight excluding hydrogens is 306 g/mol. The van der Waals surface area contributed by atoms with E-state index in [4.69, 9.17) is 12.2 Å². The molecule has 1 fully saturated rings. The first-order valence-electron chi connectivity index (χ1n) is 4.77. The zero-order chi connectivity index (χ0) is 11.9. The summed E-state index contributed by atoms with van der Waals surface area (Å²) in [5, 5.41) is 0. The number of hydrogen-bond donors (Lipinski definition) is 0. The maximum atomic E-state index is 11.8. The van der Waals surface area contributed by atoms with Crippen molar-refractivity contribution in [3.63, 3.8) is 0 Å². The van der Waals surface area contributed by atoms with Gasteiger partial charge in [0.25, 0.3) is 0 Å². The third kappa shape index (κ3) is 2.04. The first kappa shape index (κ1) is 12.1. The summed E-state index contributed by atoms with van der Waals surface area (Å²) in [6, 6.07) is 4.00. The van der Waals surface area contributed by atoms with Crippen LogP contribution in [0.2, 0.25) is 0 Å². The Hall–Kier alpha value is -0.390. The predicted octanol–water partition coefficient (Wildman–Crippen LogP) is 3.43. The van der Waals surface area contributed by atoms with Gasteiger partial charge in [-0.1, -0.05) is 39.9 Å². The Balaban J connectivity index is 2.55. The van der Waals surface area contributed by atoms with Gasteiger partial charge in [-0.25, -0.2) is 0 Å². The van der Waals surface area contributed by atoms with Crippen molar-refractivity contribution in [1.29, 1.82) is 0 Å². The molecule has 0 unspecified atom stereocenters. The fourth-order valence-electron chi connectivity index (χ4n) is 1.83. The third-order valence-corrected chi connectivity index (χ3v) is 4.25. The van der Waals surface area contributed by atoms with E-state index >= 15 is 0 Å². The van der Waals surface area contributed by atoms with Gasteiger partial charge in [-0.2, -0.15) is 0 Å². The fourth-order valence-corrected chi connectivity index (χ4v) is 3.58. The lowest BCUT2D eigenvalue weighted by Crippen LogP contribution is -2.29. The highest BCUT2D eigenvalue weighted by Gasteiger charge is 2.30. The summed E-state index contributed by atoms with van der Waals surface area (Å²) in [6.45, 7) is 3.98. The molecule has 0 radical (unpaired) electrons. The highest BCUT2D eigenvalue weighted by molar-refractivity contribution is 9.10. The SMILES string of the molecule is Cc1cc(Br)cc(C)c1N1C(=O)CSC1=S. The van der Waals surface area contributed by atoms with Gasteiger partial charge in [-0.3, -0.25) is 9.69 Å². The number of aryl methyl sites for hydroxylation is 2. The van der Waals surface area contributed by atoms with Crippen LogP contribution in [-0.2, 0) is 4.79 Å². The Kier molecular flexibility index (Phi) is 3.37. The number of thioether (sulfide) groups is 1. The standard InChI is InChI=1S/C11H10BrNOS2/c1-6-3-8(12)4-7(2)10(6)13-9(14)5-16-11(13)15/h3-4H,5H2,1-2H3. The maximum absolute atomic E-state index is 11.8. The van der Waals surface area contributed by atoms with Crippen LogP contribution in [-0.4, -0.2) is 16.0 Å². The molecule has 5 heteroatoms. The summed E-state index contributed by atoms with van der Waals surface area (Å²) in [4.78, 5) is 13.4. The minimum atomic E-state index is 0.0727. The van der Waals surface area contributed by atoms with Crippen LogP contribution in [0.25, 0.3) is 0 Å². The Bertz CT molecular complexity index is 448. The van der Waals surface area contributed by atoms with Gasteiger partial charge >= 0.3 is 0 Å². The molecule has 0 bridgehead atoms. The molecule has 1 aromatic rings. The van der Waals surface area contributed by atoms with Crippen LogP contribution >= 0.6 is 39.9 Å². The summed E-state index contributed by atoms with van der Waals surface area (Å²) < 4.78 is 1.68. The lowest BCUT2D eigenvalue weighted by Gasteiger charge is -2.20. The number of anilines is 1. The summed E-state index contributed by atoms with van der Waals surface area (Å²) in [5.74, 6) is 0.525. The smallest absolute Gasteiger partial charge is 0.243 e. The Morgan fingerprint density at radius 3 is 2.38 bits per heavy atom. The zero-order valence-corrected chi connectivity index (χ0v) is 12.1. The molecule has 0 aliphatic carbocycles. The summed E-state index contributed by atoms with van der Waals surface area (Å²) in [7, 11) is 0. The van der Waals surface area contributed by atoms with Gasteiger partial charge in [-0.15, -0.1) is 0 Å². The molecule has 2 rings (SSSR count). The molecule has 1 amide bonds. The highest BCUT2D eigenvalue weighted by atomic mass is 79.9. The summed E-state index contributed by atoms with van der Waals surface area (Å²) >= 11 is 10.1. The van der Waals surface area contributed by atoms with Crippen molar-refractivity contribution in [1.82, 2.24) is 0 Å². The second kappa shape index (κ2) is 4.47. The van der Waals surface area contributed by atoms with Crippen LogP contribution in [0.5, 0.6) is 0 Å². The molecule has 0 N–H and O–H groups in total. The van der Waals surface area contributed by atoms with Gasteiger partial charge in [0.2, 0.25) is 5.91 Å². The normalized spacial score (nSPS) is 16.1. The van der Waals surface area contributed by atoms with E-state index in [1.165, 1.54) is 11.8 Å². The number of carbonyl (C=O) groups excluding carboxylic acids is 1. The van der Waals surface area contributed by atoms with Crippen molar-refractivity contribution in [3.8, 4) is 0 Å². The van der Waals surface area contributed by atoms with Crippen molar-refractivity contribution < 1.29 is 4.79 Å². The molecule has 1 aromatic carbocycles. The van der Waals surface area contributed by atoms with E-state index in [0.29, 0.717) is 10.1 Å². The molecule has 1 aliphatic rings. The van der Waals surface area contributed by atoms with E-state index in [1.807, 2.05) is 26.0 Å². The molecule has 0 spiro atoms. The van der Waals surface area contributed by atoms with Crippen LogP contribution in [0, 0.1) is 13.8 Å². The number of hydrogen-bond acceptors (Lipinski definition) is 3. The van der Waals surface area contributed by atoms with Gasteiger partial charge < -0.3 is 0 Å². The second-order valence-corrected chi connectivity index (χ2v) is 6.20.